The summed E-state index contributed by atoms with van der Waals surface area (Å²) in [6.07, 6.45) is 2.22. The van der Waals surface area contributed by atoms with Crippen LogP contribution < -0.4 is 15.8 Å². The standard InChI is InChI=1S/C20H23N5O2S/c1-13-7-9-24(10-8-13)17-5-6-19(27)25(23-17)12-18(26)22-20-21-15-4-3-14(2)11-16(15)28-20/h3-6,11,13H,7-10,12H2,1-2H3,(H,21,22,26). The minimum absolute atomic E-state index is 0.133. The number of fused-ring (bicyclic) bond motifs is 1. The molecule has 0 bridgehead atoms. The lowest BCUT2D eigenvalue weighted by Gasteiger charge is -2.31. The van der Waals surface area contributed by atoms with Gasteiger partial charge in [-0.3, -0.25) is 9.59 Å². The van der Waals surface area contributed by atoms with Crippen molar-refractivity contribution < 1.29 is 4.79 Å². The Morgan fingerprint density at radius 3 is 2.82 bits per heavy atom. The monoisotopic (exact) mass is 397 g/mol. The van der Waals surface area contributed by atoms with E-state index in [1.165, 1.54) is 22.1 Å². The second kappa shape index (κ2) is 7.71. The molecule has 1 N–H and O–H groups in total. The van der Waals surface area contributed by atoms with E-state index in [0.29, 0.717) is 11.0 Å². The van der Waals surface area contributed by atoms with Gasteiger partial charge in [0.15, 0.2) is 5.13 Å². The van der Waals surface area contributed by atoms with Gasteiger partial charge >= 0.3 is 0 Å². The first kappa shape index (κ1) is 18.6. The zero-order chi connectivity index (χ0) is 19.7. The van der Waals surface area contributed by atoms with Crippen molar-refractivity contribution in [1.29, 1.82) is 0 Å². The highest BCUT2D eigenvalue weighted by molar-refractivity contribution is 7.22. The second-order valence-corrected chi connectivity index (χ2v) is 8.43. The van der Waals surface area contributed by atoms with E-state index in [2.05, 4.69) is 27.2 Å². The number of amides is 1. The Labute approximate surface area is 167 Å². The molecule has 0 saturated carbocycles. The molecule has 1 fully saturated rings. The molecule has 2 aromatic heterocycles. The van der Waals surface area contributed by atoms with E-state index in [1.54, 1.807) is 6.07 Å². The van der Waals surface area contributed by atoms with Gasteiger partial charge in [-0.1, -0.05) is 24.3 Å². The molecule has 1 aliphatic heterocycles. The van der Waals surface area contributed by atoms with Gasteiger partial charge in [0.25, 0.3) is 5.56 Å². The summed E-state index contributed by atoms with van der Waals surface area (Å²) < 4.78 is 2.24. The van der Waals surface area contributed by atoms with Crippen molar-refractivity contribution in [3.63, 3.8) is 0 Å². The maximum absolute atomic E-state index is 12.5. The van der Waals surface area contributed by atoms with Crippen molar-refractivity contribution in [3.8, 4) is 0 Å². The van der Waals surface area contributed by atoms with Gasteiger partial charge in [-0.2, -0.15) is 5.10 Å². The second-order valence-electron chi connectivity index (χ2n) is 7.40. The first-order valence-corrected chi connectivity index (χ1v) is 10.3. The Morgan fingerprint density at radius 1 is 1.25 bits per heavy atom. The van der Waals surface area contributed by atoms with E-state index < -0.39 is 0 Å². The van der Waals surface area contributed by atoms with Crippen LogP contribution in [0.3, 0.4) is 0 Å². The molecule has 8 heteroatoms. The number of aromatic nitrogens is 3. The molecule has 0 unspecified atom stereocenters. The molecule has 1 saturated heterocycles. The van der Waals surface area contributed by atoms with Gasteiger partial charge in [-0.15, -0.1) is 0 Å². The molecule has 146 valence electrons. The normalized spacial score (nSPS) is 15.1. The first-order valence-electron chi connectivity index (χ1n) is 9.48. The van der Waals surface area contributed by atoms with Crippen molar-refractivity contribution in [3.05, 3.63) is 46.2 Å². The Morgan fingerprint density at radius 2 is 2.04 bits per heavy atom. The van der Waals surface area contributed by atoms with Crippen molar-refractivity contribution in [1.82, 2.24) is 14.8 Å². The van der Waals surface area contributed by atoms with Crippen molar-refractivity contribution in [2.75, 3.05) is 23.3 Å². The molecule has 1 amide bonds. The van der Waals surface area contributed by atoms with Gasteiger partial charge in [0.1, 0.15) is 12.4 Å². The number of hydrogen-bond acceptors (Lipinski definition) is 6. The van der Waals surface area contributed by atoms with E-state index in [1.807, 2.05) is 25.1 Å². The van der Waals surface area contributed by atoms with Crippen LogP contribution in [0.25, 0.3) is 10.2 Å². The molecule has 1 aliphatic rings. The van der Waals surface area contributed by atoms with E-state index in [4.69, 9.17) is 0 Å². The summed E-state index contributed by atoms with van der Waals surface area (Å²) in [6, 6.07) is 9.18. The molecule has 3 aromatic rings. The van der Waals surface area contributed by atoms with Gasteiger partial charge < -0.3 is 10.2 Å². The average Bonchev–Trinajstić information content (AvgIpc) is 3.05. The smallest absolute Gasteiger partial charge is 0.267 e. The fourth-order valence-electron chi connectivity index (χ4n) is 3.34. The first-order chi connectivity index (χ1) is 13.5. The van der Waals surface area contributed by atoms with Gasteiger partial charge in [0, 0.05) is 19.2 Å². The molecule has 0 radical (unpaired) electrons. The summed E-state index contributed by atoms with van der Waals surface area (Å²) in [5, 5.41) is 7.72. The number of hydrogen-bond donors (Lipinski definition) is 1. The van der Waals surface area contributed by atoms with E-state index in [0.717, 1.165) is 47.5 Å². The molecule has 0 atom stereocenters. The van der Waals surface area contributed by atoms with Crippen molar-refractivity contribution in [2.24, 2.45) is 5.92 Å². The fourth-order valence-corrected chi connectivity index (χ4v) is 4.32. The number of rotatable bonds is 4. The lowest BCUT2D eigenvalue weighted by Crippen LogP contribution is -2.36. The van der Waals surface area contributed by atoms with Crippen LogP contribution in [0, 0.1) is 12.8 Å². The minimum Gasteiger partial charge on any atom is -0.355 e. The van der Waals surface area contributed by atoms with Gasteiger partial charge in [-0.05, 0) is 49.4 Å². The number of thiazole rings is 1. The van der Waals surface area contributed by atoms with Crippen molar-refractivity contribution in [2.45, 2.75) is 33.2 Å². The minimum atomic E-state index is -0.310. The van der Waals surface area contributed by atoms with Gasteiger partial charge in [0.2, 0.25) is 5.91 Å². The van der Waals surface area contributed by atoms with Crippen LogP contribution >= 0.6 is 11.3 Å². The Kier molecular flexibility index (Phi) is 5.13. The summed E-state index contributed by atoms with van der Waals surface area (Å²) in [4.78, 5) is 31.2. The largest absolute Gasteiger partial charge is 0.355 e. The number of nitrogens with zero attached hydrogens (tertiary/aromatic N) is 4. The zero-order valence-electron chi connectivity index (χ0n) is 16.0. The summed E-state index contributed by atoms with van der Waals surface area (Å²) in [5.74, 6) is 1.15. The SMILES string of the molecule is Cc1ccc2nc(NC(=O)Cn3nc(N4CCC(C)CC4)ccc3=O)sc2c1. The molecule has 0 spiro atoms. The topological polar surface area (TPSA) is 80.1 Å². The zero-order valence-corrected chi connectivity index (χ0v) is 16.8. The quantitative estimate of drug-likeness (QED) is 0.732. The van der Waals surface area contributed by atoms with Crippen LogP contribution in [0.2, 0.25) is 0 Å². The number of carbonyl (C=O) groups is 1. The van der Waals surface area contributed by atoms with Crippen LogP contribution in [0.4, 0.5) is 10.9 Å². The number of anilines is 2. The Balaban J connectivity index is 1.47. The van der Waals surface area contributed by atoms with Crippen molar-refractivity contribution >= 4 is 38.4 Å². The number of benzene rings is 1. The lowest BCUT2D eigenvalue weighted by molar-refractivity contribution is -0.117. The van der Waals surface area contributed by atoms with Crippen LogP contribution in [0.5, 0.6) is 0 Å². The Hall–Kier alpha value is -2.74. The lowest BCUT2D eigenvalue weighted by atomic mass is 9.99. The predicted molar refractivity (Wildman–Crippen MR) is 112 cm³/mol. The highest BCUT2D eigenvalue weighted by Crippen LogP contribution is 2.26. The van der Waals surface area contributed by atoms with Crippen LogP contribution in [-0.2, 0) is 11.3 Å². The summed E-state index contributed by atoms with van der Waals surface area (Å²) in [5.41, 5.74) is 1.71. The van der Waals surface area contributed by atoms with Gasteiger partial charge in [0.05, 0.1) is 10.2 Å². The van der Waals surface area contributed by atoms with E-state index >= 15 is 0 Å². The maximum Gasteiger partial charge on any atom is 0.267 e. The third kappa shape index (κ3) is 4.06. The summed E-state index contributed by atoms with van der Waals surface area (Å²) >= 11 is 1.42. The number of carbonyl (C=O) groups excluding carboxylic acids is 1. The van der Waals surface area contributed by atoms with Gasteiger partial charge in [-0.25, -0.2) is 9.67 Å². The van der Waals surface area contributed by atoms with E-state index in [-0.39, 0.29) is 18.0 Å². The predicted octanol–water partition coefficient (Wildman–Crippen LogP) is 3.04. The highest BCUT2D eigenvalue weighted by Gasteiger charge is 2.18. The molecular weight excluding hydrogens is 374 g/mol. The molecule has 0 aliphatic carbocycles. The molecule has 3 heterocycles. The third-order valence-corrected chi connectivity index (χ3v) is 5.98. The molecule has 1 aromatic carbocycles. The summed E-state index contributed by atoms with van der Waals surface area (Å²) in [7, 11) is 0. The number of piperidine rings is 1. The average molecular weight is 398 g/mol. The number of aryl methyl sites for hydroxylation is 1. The fraction of sp³-hybridized carbons (Fsp3) is 0.400. The molecule has 7 nitrogen and oxygen atoms in total. The summed E-state index contributed by atoms with van der Waals surface area (Å²) in [6.45, 7) is 5.98. The molecule has 4 rings (SSSR count). The van der Waals surface area contributed by atoms with Crippen LogP contribution in [0.1, 0.15) is 25.3 Å². The molecule has 28 heavy (non-hydrogen) atoms. The van der Waals surface area contributed by atoms with E-state index in [9.17, 15) is 9.59 Å². The van der Waals surface area contributed by atoms with Crippen LogP contribution in [-0.4, -0.2) is 33.8 Å². The maximum atomic E-state index is 12.5. The Bertz CT molecular complexity index is 1070. The third-order valence-electron chi connectivity index (χ3n) is 5.04. The number of nitrogens with one attached hydrogen (secondary N) is 1. The highest BCUT2D eigenvalue weighted by atomic mass is 32.1. The molecular formula is C20H23N5O2S. The van der Waals surface area contributed by atoms with Crippen LogP contribution in [0.15, 0.2) is 35.1 Å².